The van der Waals surface area contributed by atoms with Crippen molar-refractivity contribution >= 4 is 17.0 Å². The van der Waals surface area contributed by atoms with Crippen molar-refractivity contribution in [3.63, 3.8) is 0 Å². The molecule has 0 fully saturated rings. The Morgan fingerprint density at radius 3 is 2.72 bits per heavy atom. The fourth-order valence-corrected chi connectivity index (χ4v) is 2.49. The Labute approximate surface area is 110 Å². The van der Waals surface area contributed by atoms with Crippen molar-refractivity contribution in [2.24, 2.45) is 5.73 Å². The van der Waals surface area contributed by atoms with Gasteiger partial charge in [-0.3, -0.25) is 0 Å². The van der Waals surface area contributed by atoms with E-state index in [1.807, 2.05) is 17.3 Å². The van der Waals surface area contributed by atoms with Gasteiger partial charge >= 0.3 is 0 Å². The molecule has 1 aromatic heterocycles. The number of hydrogen-bond donors (Lipinski definition) is 1. The van der Waals surface area contributed by atoms with Crippen molar-refractivity contribution in [3.05, 3.63) is 46.2 Å². The van der Waals surface area contributed by atoms with Crippen molar-refractivity contribution in [1.29, 1.82) is 0 Å². The molecule has 0 saturated carbocycles. The molecule has 5 heteroatoms. The summed E-state index contributed by atoms with van der Waals surface area (Å²) in [4.78, 5) is 6.55. The second-order valence-electron chi connectivity index (χ2n) is 4.10. The van der Waals surface area contributed by atoms with E-state index in [0.717, 1.165) is 22.8 Å². The number of anilines is 1. The van der Waals surface area contributed by atoms with Gasteiger partial charge in [-0.25, -0.2) is 9.37 Å². The highest BCUT2D eigenvalue weighted by atomic mass is 32.1. The van der Waals surface area contributed by atoms with Crippen LogP contribution in [-0.4, -0.2) is 18.6 Å². The number of hydrogen-bond acceptors (Lipinski definition) is 4. The maximum absolute atomic E-state index is 12.8. The summed E-state index contributed by atoms with van der Waals surface area (Å²) in [5.74, 6) is -0.217. The van der Waals surface area contributed by atoms with Gasteiger partial charge in [-0.2, -0.15) is 0 Å². The van der Waals surface area contributed by atoms with Crippen molar-refractivity contribution in [1.82, 2.24) is 4.98 Å². The highest BCUT2D eigenvalue weighted by Gasteiger charge is 2.06. The number of benzene rings is 1. The third-order valence-electron chi connectivity index (χ3n) is 2.62. The van der Waals surface area contributed by atoms with Crippen molar-refractivity contribution in [3.8, 4) is 0 Å². The smallest absolute Gasteiger partial charge is 0.123 e. The van der Waals surface area contributed by atoms with E-state index >= 15 is 0 Å². The quantitative estimate of drug-likeness (QED) is 0.902. The summed E-state index contributed by atoms with van der Waals surface area (Å²) in [5.41, 5.74) is 7.50. The van der Waals surface area contributed by atoms with Crippen LogP contribution in [0.4, 0.5) is 10.1 Å². The summed E-state index contributed by atoms with van der Waals surface area (Å²) >= 11 is 1.64. The maximum atomic E-state index is 12.8. The molecular formula is C13H16FN3S. The molecule has 1 aromatic carbocycles. The Hall–Kier alpha value is -1.46. The molecule has 0 amide bonds. The third-order valence-corrected chi connectivity index (χ3v) is 3.58. The Kier molecular flexibility index (Phi) is 4.28. The van der Waals surface area contributed by atoms with Crippen LogP contribution < -0.4 is 10.6 Å². The molecule has 2 N–H and O–H groups in total. The van der Waals surface area contributed by atoms with Gasteiger partial charge in [-0.05, 0) is 30.8 Å². The lowest BCUT2D eigenvalue weighted by atomic mass is 10.3. The van der Waals surface area contributed by atoms with Crippen LogP contribution in [0.5, 0.6) is 0 Å². The van der Waals surface area contributed by atoms with Gasteiger partial charge in [0.05, 0.1) is 17.2 Å². The SMILES string of the molecule is CN(Cc1csc(CCN)n1)c1ccc(F)cc1. The molecule has 0 aliphatic carbocycles. The second kappa shape index (κ2) is 5.93. The van der Waals surface area contributed by atoms with E-state index in [1.54, 1.807) is 23.5 Å². The van der Waals surface area contributed by atoms with Gasteiger partial charge in [0.2, 0.25) is 0 Å². The minimum Gasteiger partial charge on any atom is -0.369 e. The second-order valence-corrected chi connectivity index (χ2v) is 5.05. The van der Waals surface area contributed by atoms with Crippen LogP contribution in [0, 0.1) is 5.82 Å². The first-order valence-electron chi connectivity index (χ1n) is 5.79. The van der Waals surface area contributed by atoms with E-state index in [2.05, 4.69) is 4.98 Å². The van der Waals surface area contributed by atoms with Crippen LogP contribution in [0.15, 0.2) is 29.6 Å². The zero-order chi connectivity index (χ0) is 13.0. The molecule has 0 atom stereocenters. The number of nitrogens with zero attached hydrogens (tertiary/aromatic N) is 2. The minimum absolute atomic E-state index is 0.217. The number of thiazole rings is 1. The Balaban J connectivity index is 2.01. The summed E-state index contributed by atoms with van der Waals surface area (Å²) in [7, 11) is 1.97. The minimum atomic E-state index is -0.217. The lowest BCUT2D eigenvalue weighted by Crippen LogP contribution is -2.16. The molecule has 0 spiro atoms. The summed E-state index contributed by atoms with van der Waals surface area (Å²) < 4.78 is 12.8. The Morgan fingerprint density at radius 2 is 2.06 bits per heavy atom. The first kappa shape index (κ1) is 13.0. The monoisotopic (exact) mass is 265 g/mol. The van der Waals surface area contributed by atoms with Crippen molar-refractivity contribution < 1.29 is 4.39 Å². The van der Waals surface area contributed by atoms with Crippen LogP contribution in [-0.2, 0) is 13.0 Å². The summed E-state index contributed by atoms with van der Waals surface area (Å²) in [6.07, 6.45) is 0.824. The number of rotatable bonds is 5. The van der Waals surface area contributed by atoms with Crippen LogP contribution in [0.25, 0.3) is 0 Å². The van der Waals surface area contributed by atoms with Crippen LogP contribution in [0.2, 0.25) is 0 Å². The molecule has 1 heterocycles. The van der Waals surface area contributed by atoms with Crippen LogP contribution in [0.3, 0.4) is 0 Å². The predicted molar refractivity (Wildman–Crippen MR) is 73.4 cm³/mol. The van der Waals surface area contributed by atoms with E-state index in [1.165, 1.54) is 12.1 Å². The van der Waals surface area contributed by atoms with Crippen molar-refractivity contribution in [2.75, 3.05) is 18.5 Å². The average Bonchev–Trinajstić information content (AvgIpc) is 2.78. The topological polar surface area (TPSA) is 42.1 Å². The molecule has 0 bridgehead atoms. The molecule has 0 aliphatic rings. The summed E-state index contributed by atoms with van der Waals surface area (Å²) in [6, 6.07) is 6.46. The fourth-order valence-electron chi connectivity index (χ4n) is 1.69. The molecule has 2 rings (SSSR count). The molecule has 18 heavy (non-hydrogen) atoms. The molecule has 2 aromatic rings. The summed E-state index contributed by atoms with van der Waals surface area (Å²) in [5, 5.41) is 3.12. The normalized spacial score (nSPS) is 10.6. The third kappa shape index (κ3) is 3.27. The molecule has 96 valence electrons. The molecular weight excluding hydrogens is 249 g/mol. The van der Waals surface area contributed by atoms with E-state index in [-0.39, 0.29) is 5.82 Å². The molecule has 0 unspecified atom stereocenters. The molecule has 0 aliphatic heterocycles. The largest absolute Gasteiger partial charge is 0.369 e. The lowest BCUT2D eigenvalue weighted by Gasteiger charge is -2.17. The number of halogens is 1. The van der Waals surface area contributed by atoms with E-state index in [0.29, 0.717) is 13.1 Å². The highest BCUT2D eigenvalue weighted by Crippen LogP contribution is 2.17. The first-order valence-corrected chi connectivity index (χ1v) is 6.67. The molecule has 0 saturated heterocycles. The zero-order valence-corrected chi connectivity index (χ0v) is 11.1. The van der Waals surface area contributed by atoms with E-state index < -0.39 is 0 Å². The highest BCUT2D eigenvalue weighted by molar-refractivity contribution is 7.09. The standard InChI is InChI=1S/C13H16FN3S/c1-17(12-4-2-10(14)3-5-12)8-11-9-18-13(16-11)6-7-15/h2-5,9H,6-8,15H2,1H3. The van der Waals surface area contributed by atoms with Crippen LogP contribution in [0.1, 0.15) is 10.7 Å². The maximum Gasteiger partial charge on any atom is 0.123 e. The zero-order valence-electron chi connectivity index (χ0n) is 10.3. The fraction of sp³-hybridized carbons (Fsp3) is 0.308. The number of nitrogens with two attached hydrogens (primary N) is 1. The van der Waals surface area contributed by atoms with Gasteiger partial charge < -0.3 is 10.6 Å². The molecule has 0 radical (unpaired) electrons. The summed E-state index contributed by atoms with van der Waals surface area (Å²) in [6.45, 7) is 1.34. The lowest BCUT2D eigenvalue weighted by molar-refractivity contribution is 0.627. The van der Waals surface area contributed by atoms with Gasteiger partial charge in [-0.15, -0.1) is 11.3 Å². The molecule has 3 nitrogen and oxygen atoms in total. The number of aromatic nitrogens is 1. The van der Waals surface area contributed by atoms with Gasteiger partial charge in [-0.1, -0.05) is 0 Å². The Morgan fingerprint density at radius 1 is 1.33 bits per heavy atom. The van der Waals surface area contributed by atoms with Gasteiger partial charge in [0.25, 0.3) is 0 Å². The average molecular weight is 265 g/mol. The first-order chi connectivity index (χ1) is 8.69. The van der Waals surface area contributed by atoms with Gasteiger partial charge in [0, 0.05) is 24.5 Å². The van der Waals surface area contributed by atoms with Gasteiger partial charge in [0.15, 0.2) is 0 Å². The predicted octanol–water partition coefficient (Wildman–Crippen LogP) is 2.42. The van der Waals surface area contributed by atoms with Gasteiger partial charge in [0.1, 0.15) is 5.82 Å². The van der Waals surface area contributed by atoms with E-state index in [4.69, 9.17) is 5.73 Å². The van der Waals surface area contributed by atoms with E-state index in [9.17, 15) is 4.39 Å². The Bertz CT molecular complexity index is 495. The van der Waals surface area contributed by atoms with Crippen LogP contribution >= 0.6 is 11.3 Å². The van der Waals surface area contributed by atoms with Crippen molar-refractivity contribution in [2.45, 2.75) is 13.0 Å².